The highest BCUT2D eigenvalue weighted by Gasteiger charge is 2.25. The summed E-state index contributed by atoms with van der Waals surface area (Å²) in [6.07, 6.45) is 6.28. The lowest BCUT2D eigenvalue weighted by atomic mass is 10.2. The van der Waals surface area contributed by atoms with Gasteiger partial charge in [-0.15, -0.1) is 0 Å². The average Bonchev–Trinajstić information content (AvgIpc) is 2.84. The van der Waals surface area contributed by atoms with Crippen LogP contribution in [-0.2, 0) is 4.79 Å². The van der Waals surface area contributed by atoms with Gasteiger partial charge in [0.2, 0.25) is 0 Å². The van der Waals surface area contributed by atoms with Crippen LogP contribution in [-0.4, -0.2) is 23.9 Å². The predicted molar refractivity (Wildman–Crippen MR) is 52.2 cm³/mol. The largest absolute Gasteiger partial charge is 0.338 e. The lowest BCUT2D eigenvalue weighted by molar-refractivity contribution is -0.125. The summed E-state index contributed by atoms with van der Waals surface area (Å²) < 4.78 is 0. The summed E-state index contributed by atoms with van der Waals surface area (Å²) in [6, 6.07) is 2.02. The molecule has 1 amide bonds. The number of carbonyl (C=O) groups excluding carboxylic acids is 1. The Hall–Kier alpha value is -1.30. The zero-order valence-corrected chi connectivity index (χ0v) is 8.20. The van der Waals surface area contributed by atoms with Gasteiger partial charge in [0.1, 0.15) is 11.6 Å². The summed E-state index contributed by atoms with van der Waals surface area (Å²) in [5, 5.41) is 8.87. The third kappa shape index (κ3) is 1.95. The second-order valence-corrected chi connectivity index (χ2v) is 4.03. The first-order valence-corrected chi connectivity index (χ1v) is 5.22. The van der Waals surface area contributed by atoms with E-state index in [1.165, 1.54) is 0 Å². The van der Waals surface area contributed by atoms with Crippen molar-refractivity contribution in [2.75, 3.05) is 13.1 Å². The molecule has 0 bridgehead atoms. The number of carbonyl (C=O) groups is 1. The van der Waals surface area contributed by atoms with Crippen molar-refractivity contribution < 1.29 is 4.79 Å². The Balaban J connectivity index is 2.03. The molecular weight excluding hydrogens is 176 g/mol. The number of rotatable bonds is 2. The minimum Gasteiger partial charge on any atom is -0.338 e. The Morgan fingerprint density at radius 2 is 2.00 bits per heavy atom. The number of hydrogen-bond acceptors (Lipinski definition) is 2. The van der Waals surface area contributed by atoms with Crippen molar-refractivity contribution in [1.82, 2.24) is 4.90 Å². The van der Waals surface area contributed by atoms with E-state index in [2.05, 4.69) is 0 Å². The van der Waals surface area contributed by atoms with Crippen molar-refractivity contribution in [3.05, 3.63) is 11.6 Å². The van der Waals surface area contributed by atoms with Crippen molar-refractivity contribution in [1.29, 1.82) is 5.26 Å². The molecule has 1 saturated heterocycles. The topological polar surface area (TPSA) is 44.1 Å². The monoisotopic (exact) mass is 190 g/mol. The standard InChI is InChI=1S/C11H14N2O/c12-8-10(7-9-3-4-9)11(14)13-5-1-2-6-13/h7,9H,1-6H2. The van der Waals surface area contributed by atoms with Crippen LogP contribution in [0.4, 0.5) is 0 Å². The molecule has 0 aromatic heterocycles. The molecule has 1 aliphatic carbocycles. The van der Waals surface area contributed by atoms with Gasteiger partial charge >= 0.3 is 0 Å². The molecule has 1 heterocycles. The molecule has 2 fully saturated rings. The molecule has 14 heavy (non-hydrogen) atoms. The van der Waals surface area contributed by atoms with Crippen molar-refractivity contribution in [2.45, 2.75) is 25.7 Å². The van der Waals surface area contributed by atoms with Crippen LogP contribution in [0.5, 0.6) is 0 Å². The smallest absolute Gasteiger partial charge is 0.264 e. The van der Waals surface area contributed by atoms with Gasteiger partial charge in [-0.3, -0.25) is 4.79 Å². The molecule has 74 valence electrons. The minimum atomic E-state index is -0.0584. The van der Waals surface area contributed by atoms with E-state index >= 15 is 0 Å². The van der Waals surface area contributed by atoms with Gasteiger partial charge in [0.15, 0.2) is 0 Å². The fraction of sp³-hybridized carbons (Fsp3) is 0.636. The van der Waals surface area contributed by atoms with Crippen LogP contribution >= 0.6 is 0 Å². The maximum Gasteiger partial charge on any atom is 0.264 e. The molecule has 1 saturated carbocycles. The van der Waals surface area contributed by atoms with Crippen molar-refractivity contribution in [2.24, 2.45) is 5.92 Å². The first-order chi connectivity index (χ1) is 6.81. The van der Waals surface area contributed by atoms with Gasteiger partial charge in [-0.2, -0.15) is 5.26 Å². The van der Waals surface area contributed by atoms with E-state index < -0.39 is 0 Å². The van der Waals surface area contributed by atoms with Gasteiger partial charge < -0.3 is 4.90 Å². The van der Waals surface area contributed by atoms with Crippen LogP contribution in [0.3, 0.4) is 0 Å². The molecule has 3 nitrogen and oxygen atoms in total. The molecule has 0 unspecified atom stereocenters. The Kier molecular flexibility index (Phi) is 2.53. The third-order valence-corrected chi connectivity index (χ3v) is 2.77. The predicted octanol–water partition coefficient (Wildman–Crippen LogP) is 1.47. The number of allylic oxidation sites excluding steroid dienone is 1. The normalized spacial score (nSPS) is 22.2. The zero-order valence-electron chi connectivity index (χ0n) is 8.20. The number of nitriles is 1. The molecule has 0 N–H and O–H groups in total. The van der Waals surface area contributed by atoms with E-state index in [1.807, 2.05) is 12.1 Å². The van der Waals surface area contributed by atoms with E-state index in [1.54, 1.807) is 4.90 Å². The van der Waals surface area contributed by atoms with Gasteiger partial charge in [-0.05, 0) is 31.6 Å². The highest BCUT2D eigenvalue weighted by Crippen LogP contribution is 2.31. The molecule has 2 rings (SSSR count). The Morgan fingerprint density at radius 3 is 2.50 bits per heavy atom. The lowest BCUT2D eigenvalue weighted by Gasteiger charge is -2.13. The van der Waals surface area contributed by atoms with E-state index in [0.717, 1.165) is 38.8 Å². The zero-order chi connectivity index (χ0) is 9.97. The number of amides is 1. The second-order valence-electron chi connectivity index (χ2n) is 4.03. The maximum atomic E-state index is 11.8. The third-order valence-electron chi connectivity index (χ3n) is 2.77. The van der Waals surface area contributed by atoms with Crippen molar-refractivity contribution in [3.63, 3.8) is 0 Å². The Bertz CT molecular complexity index is 304. The SMILES string of the molecule is N#CC(=CC1CC1)C(=O)N1CCCC1. The minimum absolute atomic E-state index is 0.0584. The Labute approximate surface area is 84.0 Å². The first-order valence-electron chi connectivity index (χ1n) is 5.22. The highest BCUT2D eigenvalue weighted by molar-refractivity contribution is 5.97. The molecular formula is C11H14N2O. The number of nitrogens with zero attached hydrogens (tertiary/aromatic N) is 2. The van der Waals surface area contributed by atoms with Crippen LogP contribution in [0.1, 0.15) is 25.7 Å². The molecule has 2 aliphatic rings. The van der Waals surface area contributed by atoms with Gasteiger partial charge in [0.25, 0.3) is 5.91 Å². The summed E-state index contributed by atoms with van der Waals surface area (Å²) in [7, 11) is 0. The summed E-state index contributed by atoms with van der Waals surface area (Å²) in [6.45, 7) is 1.64. The van der Waals surface area contributed by atoms with Crippen molar-refractivity contribution >= 4 is 5.91 Å². The highest BCUT2D eigenvalue weighted by atomic mass is 16.2. The number of hydrogen-bond donors (Lipinski definition) is 0. The molecule has 0 atom stereocenters. The fourth-order valence-electron chi connectivity index (χ4n) is 1.75. The van der Waals surface area contributed by atoms with Gasteiger partial charge in [0.05, 0.1) is 0 Å². The molecule has 1 aliphatic heterocycles. The maximum absolute atomic E-state index is 11.8. The van der Waals surface area contributed by atoms with Crippen LogP contribution in [0.25, 0.3) is 0 Å². The second kappa shape index (κ2) is 3.83. The summed E-state index contributed by atoms with van der Waals surface area (Å²) in [5.41, 5.74) is 0.356. The van der Waals surface area contributed by atoms with Crippen LogP contribution in [0.2, 0.25) is 0 Å². The summed E-state index contributed by atoms with van der Waals surface area (Å²) in [5.74, 6) is 0.438. The lowest BCUT2D eigenvalue weighted by Crippen LogP contribution is -2.28. The van der Waals surface area contributed by atoms with Crippen LogP contribution in [0.15, 0.2) is 11.6 Å². The van der Waals surface area contributed by atoms with E-state index in [0.29, 0.717) is 11.5 Å². The quantitative estimate of drug-likeness (QED) is 0.489. The number of likely N-dealkylation sites (tertiary alicyclic amines) is 1. The van der Waals surface area contributed by atoms with Gasteiger partial charge in [-0.25, -0.2) is 0 Å². The Morgan fingerprint density at radius 1 is 1.36 bits per heavy atom. The van der Waals surface area contributed by atoms with E-state index in [9.17, 15) is 4.79 Å². The first kappa shape index (κ1) is 9.26. The summed E-state index contributed by atoms with van der Waals surface area (Å²) >= 11 is 0. The van der Waals surface area contributed by atoms with E-state index in [4.69, 9.17) is 5.26 Å². The fourth-order valence-corrected chi connectivity index (χ4v) is 1.75. The van der Waals surface area contributed by atoms with Crippen molar-refractivity contribution in [3.8, 4) is 6.07 Å². The molecule has 0 aromatic carbocycles. The molecule has 0 spiro atoms. The van der Waals surface area contributed by atoms with Gasteiger partial charge in [0, 0.05) is 13.1 Å². The van der Waals surface area contributed by atoms with Gasteiger partial charge in [-0.1, -0.05) is 6.08 Å². The van der Waals surface area contributed by atoms with E-state index in [-0.39, 0.29) is 5.91 Å². The summed E-state index contributed by atoms with van der Waals surface area (Å²) in [4.78, 5) is 13.6. The van der Waals surface area contributed by atoms with Crippen LogP contribution < -0.4 is 0 Å². The molecule has 3 heteroatoms. The molecule has 0 radical (unpaired) electrons. The average molecular weight is 190 g/mol. The molecule has 0 aromatic rings. The van der Waals surface area contributed by atoms with Crippen LogP contribution in [0, 0.1) is 17.2 Å².